The fourth-order valence-electron chi connectivity index (χ4n) is 3.35. The van der Waals surface area contributed by atoms with E-state index in [0.717, 1.165) is 31.9 Å². The molecule has 0 atom stereocenters. The third kappa shape index (κ3) is 5.19. The first-order chi connectivity index (χ1) is 15.0. The lowest BCUT2D eigenvalue weighted by atomic mass is 9.99. The number of carbonyl (C=O) groups is 2. The van der Waals surface area contributed by atoms with Crippen LogP contribution in [0, 0.1) is 0 Å². The Morgan fingerprint density at radius 3 is 2.03 bits per heavy atom. The number of rotatable bonds is 6. The van der Waals surface area contributed by atoms with Crippen LogP contribution in [0.5, 0.6) is 0 Å². The summed E-state index contributed by atoms with van der Waals surface area (Å²) in [5.74, 6) is -1.30. The van der Waals surface area contributed by atoms with Crippen molar-refractivity contribution in [2.24, 2.45) is 0 Å². The minimum absolute atomic E-state index is 0.219. The number of carboxylic acid groups (broad SMARTS) is 1. The van der Waals surface area contributed by atoms with Gasteiger partial charge in [-0.1, -0.05) is 64.5 Å². The molecule has 1 N–H and O–H groups in total. The van der Waals surface area contributed by atoms with E-state index in [2.05, 4.69) is 15.9 Å². The fourth-order valence-corrected chi connectivity index (χ4v) is 3.61. The van der Waals surface area contributed by atoms with Crippen LogP contribution in [-0.2, 0) is 17.8 Å². The molecule has 0 spiro atoms. The van der Waals surface area contributed by atoms with Gasteiger partial charge in [0.1, 0.15) is 6.61 Å². The molecule has 4 aromatic carbocycles. The van der Waals surface area contributed by atoms with Crippen LogP contribution in [0.15, 0.2) is 89.4 Å². The van der Waals surface area contributed by atoms with Crippen molar-refractivity contribution >= 4 is 38.6 Å². The zero-order valence-electron chi connectivity index (χ0n) is 16.5. The molecule has 0 heterocycles. The molecule has 0 amide bonds. The van der Waals surface area contributed by atoms with Gasteiger partial charge >= 0.3 is 11.9 Å². The Bertz CT molecular complexity index is 1240. The number of fused-ring (bicyclic) bond motifs is 1. The number of esters is 1. The molecule has 154 valence electrons. The van der Waals surface area contributed by atoms with Crippen LogP contribution in [0.1, 0.15) is 37.4 Å². The van der Waals surface area contributed by atoms with Crippen molar-refractivity contribution < 1.29 is 19.4 Å². The second-order valence-corrected chi connectivity index (χ2v) is 8.19. The van der Waals surface area contributed by atoms with E-state index in [1.807, 2.05) is 66.7 Å². The van der Waals surface area contributed by atoms with Crippen LogP contribution in [0.3, 0.4) is 0 Å². The van der Waals surface area contributed by atoms with Crippen molar-refractivity contribution in [1.29, 1.82) is 0 Å². The molecule has 0 aliphatic carbocycles. The van der Waals surface area contributed by atoms with Crippen molar-refractivity contribution in [3.05, 3.63) is 117 Å². The number of aromatic carboxylic acids is 1. The smallest absolute Gasteiger partial charge is 0.338 e. The van der Waals surface area contributed by atoms with Crippen molar-refractivity contribution in [3.8, 4) is 0 Å². The Kier molecular flexibility index (Phi) is 6.14. The molecule has 0 aliphatic heterocycles. The lowest BCUT2D eigenvalue weighted by molar-refractivity contribution is 0.0472. The molecule has 4 aromatic rings. The minimum Gasteiger partial charge on any atom is -0.478 e. The van der Waals surface area contributed by atoms with Gasteiger partial charge in [0.05, 0.1) is 11.1 Å². The molecule has 0 saturated carbocycles. The number of benzene rings is 4. The van der Waals surface area contributed by atoms with Crippen LogP contribution >= 0.6 is 15.9 Å². The Balaban J connectivity index is 1.49. The Morgan fingerprint density at radius 1 is 0.710 bits per heavy atom. The molecule has 0 fully saturated rings. The van der Waals surface area contributed by atoms with Gasteiger partial charge in [0.25, 0.3) is 0 Å². The lowest BCUT2D eigenvalue weighted by Gasteiger charge is -2.08. The summed E-state index contributed by atoms with van der Waals surface area (Å²) >= 11 is 3.39. The average molecular weight is 475 g/mol. The van der Waals surface area contributed by atoms with Crippen LogP contribution in [-0.4, -0.2) is 17.0 Å². The monoisotopic (exact) mass is 474 g/mol. The summed E-state index contributed by atoms with van der Waals surface area (Å²) in [4.78, 5) is 23.5. The van der Waals surface area contributed by atoms with Gasteiger partial charge < -0.3 is 9.84 Å². The molecular formula is C26H19BrO4. The first-order valence-corrected chi connectivity index (χ1v) is 10.5. The van der Waals surface area contributed by atoms with Crippen LogP contribution in [0.25, 0.3) is 10.8 Å². The molecule has 0 radical (unpaired) electrons. The SMILES string of the molecule is O=C(O)c1ccc(Cc2ccc3ccc(C(=O)OCc4ccc(Br)cc4)cc3c2)cc1. The van der Waals surface area contributed by atoms with Crippen molar-refractivity contribution in [2.45, 2.75) is 13.0 Å². The molecule has 0 aromatic heterocycles. The van der Waals surface area contributed by atoms with E-state index in [9.17, 15) is 9.59 Å². The van der Waals surface area contributed by atoms with E-state index >= 15 is 0 Å². The Morgan fingerprint density at radius 2 is 1.32 bits per heavy atom. The number of hydrogen-bond donors (Lipinski definition) is 1. The summed E-state index contributed by atoms with van der Waals surface area (Å²) in [5.41, 5.74) is 3.81. The maximum atomic E-state index is 12.5. The summed E-state index contributed by atoms with van der Waals surface area (Å²) < 4.78 is 6.43. The number of ether oxygens (including phenoxy) is 1. The predicted molar refractivity (Wildman–Crippen MR) is 123 cm³/mol. The van der Waals surface area contributed by atoms with E-state index in [0.29, 0.717) is 12.0 Å². The highest BCUT2D eigenvalue weighted by Gasteiger charge is 2.09. The van der Waals surface area contributed by atoms with E-state index in [-0.39, 0.29) is 18.1 Å². The number of halogens is 1. The van der Waals surface area contributed by atoms with Gasteiger partial charge in [-0.2, -0.15) is 0 Å². The molecule has 4 rings (SSSR count). The number of carboxylic acids is 1. The highest BCUT2D eigenvalue weighted by atomic mass is 79.9. The Hall–Kier alpha value is -3.44. The Labute approximate surface area is 188 Å². The summed E-state index contributed by atoms with van der Waals surface area (Å²) in [6, 6.07) is 26.2. The molecule has 0 bridgehead atoms. The summed E-state index contributed by atoms with van der Waals surface area (Å²) in [6.45, 7) is 0.219. The first kappa shape index (κ1) is 20.8. The quantitative estimate of drug-likeness (QED) is 0.335. The van der Waals surface area contributed by atoms with Crippen LogP contribution in [0.2, 0.25) is 0 Å². The van der Waals surface area contributed by atoms with E-state index < -0.39 is 5.97 Å². The van der Waals surface area contributed by atoms with Crippen LogP contribution < -0.4 is 0 Å². The van der Waals surface area contributed by atoms with Gasteiger partial charge in [0.2, 0.25) is 0 Å². The topological polar surface area (TPSA) is 63.6 Å². The standard InChI is InChI=1S/C26H19BrO4/c27-24-11-4-18(5-12-24)16-31-26(30)22-10-9-20-6-3-19(14-23(20)15-22)13-17-1-7-21(8-2-17)25(28)29/h1-12,14-15H,13,16H2,(H,28,29). The molecule has 5 heteroatoms. The molecular weight excluding hydrogens is 456 g/mol. The summed E-state index contributed by atoms with van der Waals surface area (Å²) in [7, 11) is 0. The predicted octanol–water partition coefficient (Wildman–Crippen LogP) is 6.25. The lowest BCUT2D eigenvalue weighted by Crippen LogP contribution is -2.05. The third-order valence-corrected chi connectivity index (χ3v) is 5.56. The second-order valence-electron chi connectivity index (χ2n) is 7.28. The first-order valence-electron chi connectivity index (χ1n) is 9.74. The normalized spacial score (nSPS) is 10.7. The van der Waals surface area contributed by atoms with E-state index in [1.54, 1.807) is 18.2 Å². The van der Waals surface area contributed by atoms with Gasteiger partial charge in [0, 0.05) is 4.47 Å². The minimum atomic E-state index is -0.934. The van der Waals surface area contributed by atoms with Gasteiger partial charge in [-0.15, -0.1) is 0 Å². The van der Waals surface area contributed by atoms with E-state index in [4.69, 9.17) is 9.84 Å². The van der Waals surface area contributed by atoms with Crippen molar-refractivity contribution in [2.75, 3.05) is 0 Å². The van der Waals surface area contributed by atoms with Gasteiger partial charge in [0.15, 0.2) is 0 Å². The largest absolute Gasteiger partial charge is 0.478 e. The highest BCUT2D eigenvalue weighted by Crippen LogP contribution is 2.21. The highest BCUT2D eigenvalue weighted by molar-refractivity contribution is 9.10. The number of carbonyl (C=O) groups excluding carboxylic acids is 1. The maximum absolute atomic E-state index is 12.5. The van der Waals surface area contributed by atoms with Crippen LogP contribution in [0.4, 0.5) is 0 Å². The average Bonchev–Trinajstić information content (AvgIpc) is 2.78. The molecule has 31 heavy (non-hydrogen) atoms. The zero-order chi connectivity index (χ0) is 21.8. The molecule has 0 unspecified atom stereocenters. The second kappa shape index (κ2) is 9.14. The van der Waals surface area contributed by atoms with E-state index in [1.165, 1.54) is 0 Å². The van der Waals surface area contributed by atoms with Gasteiger partial charge in [-0.3, -0.25) is 0 Å². The number of hydrogen-bond acceptors (Lipinski definition) is 3. The molecule has 0 saturated heterocycles. The maximum Gasteiger partial charge on any atom is 0.338 e. The van der Waals surface area contributed by atoms with Crippen molar-refractivity contribution in [3.63, 3.8) is 0 Å². The van der Waals surface area contributed by atoms with Gasteiger partial charge in [-0.05, 0) is 70.3 Å². The third-order valence-electron chi connectivity index (χ3n) is 5.03. The zero-order valence-corrected chi connectivity index (χ0v) is 18.1. The summed E-state index contributed by atoms with van der Waals surface area (Å²) in [5, 5.41) is 11.0. The molecule has 0 aliphatic rings. The fraction of sp³-hybridized carbons (Fsp3) is 0.0769. The van der Waals surface area contributed by atoms with Crippen molar-refractivity contribution in [1.82, 2.24) is 0 Å². The molecule has 4 nitrogen and oxygen atoms in total. The van der Waals surface area contributed by atoms with Gasteiger partial charge in [-0.25, -0.2) is 9.59 Å². The summed E-state index contributed by atoms with van der Waals surface area (Å²) in [6.07, 6.45) is 0.675.